The van der Waals surface area contributed by atoms with E-state index in [1.54, 1.807) is 0 Å². The van der Waals surface area contributed by atoms with Gasteiger partial charge in [0.05, 0.1) is 85.8 Å². The first-order chi connectivity index (χ1) is 15.5. The quantitative estimate of drug-likeness (QED) is 0.170. The summed E-state index contributed by atoms with van der Waals surface area (Å²) >= 11 is 0. The van der Waals surface area contributed by atoms with E-state index in [0.717, 1.165) is 4.90 Å². The van der Waals surface area contributed by atoms with Crippen molar-refractivity contribution in [3.63, 3.8) is 0 Å². The number of hydrogen-bond donors (Lipinski definition) is 0. The van der Waals surface area contributed by atoms with Crippen molar-refractivity contribution in [3.8, 4) is 0 Å². The molecule has 0 spiro atoms. The van der Waals surface area contributed by atoms with Gasteiger partial charge in [0.2, 0.25) is 0 Å². The molecule has 0 saturated carbocycles. The predicted molar refractivity (Wildman–Crippen MR) is 115 cm³/mol. The second-order valence-corrected chi connectivity index (χ2v) is 7.21. The van der Waals surface area contributed by atoms with Crippen LogP contribution in [0.2, 0.25) is 0 Å². The minimum Gasteiger partial charge on any atom is -0.379 e. The fourth-order valence-electron chi connectivity index (χ4n) is 2.47. The van der Waals surface area contributed by atoms with Gasteiger partial charge in [-0.3, -0.25) is 19.3 Å². The van der Waals surface area contributed by atoms with Crippen molar-refractivity contribution in [3.05, 3.63) is 12.2 Å². The van der Waals surface area contributed by atoms with Gasteiger partial charge < -0.3 is 28.4 Å². The van der Waals surface area contributed by atoms with Crippen LogP contribution in [0.1, 0.15) is 20.3 Å². The average Bonchev–Trinajstić information content (AvgIpc) is 3.09. The lowest BCUT2D eigenvalue weighted by atomic mass is 10.1. The number of Topliss-reactive ketones (excluding diaryl/α,β-unsaturated/α-hetero) is 1. The molecule has 0 aromatic rings. The topological polar surface area (TPSA) is 110 Å². The van der Waals surface area contributed by atoms with Gasteiger partial charge in [-0.1, -0.05) is 13.8 Å². The zero-order chi connectivity index (χ0) is 23.4. The third-order valence-corrected chi connectivity index (χ3v) is 4.36. The van der Waals surface area contributed by atoms with Gasteiger partial charge in [-0.15, -0.1) is 0 Å². The summed E-state index contributed by atoms with van der Waals surface area (Å²) in [7, 11) is 0. The highest BCUT2D eigenvalue weighted by atomic mass is 16.6. The molecule has 0 radical (unpaired) electrons. The first kappa shape index (κ1) is 28.3. The molecule has 0 aromatic carbocycles. The SMILES string of the molecule is CC(C)C(=O)CCOCCOCCOCCOCCOCCOCCN1C(=O)C=CC1=O. The molecule has 2 amide bonds. The Morgan fingerprint density at radius 2 is 1.00 bits per heavy atom. The van der Waals surface area contributed by atoms with Gasteiger partial charge in [0.15, 0.2) is 0 Å². The van der Waals surface area contributed by atoms with Gasteiger partial charge in [0.25, 0.3) is 11.8 Å². The fraction of sp³-hybridized carbons (Fsp3) is 0.773. The van der Waals surface area contributed by atoms with E-state index in [1.807, 2.05) is 13.8 Å². The highest BCUT2D eigenvalue weighted by Crippen LogP contribution is 2.02. The third kappa shape index (κ3) is 14.4. The summed E-state index contributed by atoms with van der Waals surface area (Å²) in [5.41, 5.74) is 0. The molecule has 1 aliphatic rings. The van der Waals surface area contributed by atoms with E-state index in [1.165, 1.54) is 12.2 Å². The maximum atomic E-state index is 11.4. The molecule has 10 nitrogen and oxygen atoms in total. The Labute approximate surface area is 190 Å². The molecule has 0 N–H and O–H groups in total. The molecule has 1 aliphatic heterocycles. The summed E-state index contributed by atoms with van der Waals surface area (Å²) in [5, 5.41) is 0. The third-order valence-electron chi connectivity index (χ3n) is 4.36. The van der Waals surface area contributed by atoms with Crippen LogP contribution >= 0.6 is 0 Å². The summed E-state index contributed by atoms with van der Waals surface area (Å²) in [6, 6.07) is 0. The van der Waals surface area contributed by atoms with Crippen molar-refractivity contribution in [1.82, 2.24) is 4.90 Å². The zero-order valence-corrected chi connectivity index (χ0v) is 19.3. The summed E-state index contributed by atoms with van der Waals surface area (Å²) in [6.07, 6.45) is 2.95. The smallest absolute Gasteiger partial charge is 0.253 e. The van der Waals surface area contributed by atoms with Gasteiger partial charge in [0, 0.05) is 24.5 Å². The summed E-state index contributed by atoms with van der Waals surface area (Å²) < 4.78 is 32.2. The van der Waals surface area contributed by atoms with E-state index >= 15 is 0 Å². The van der Waals surface area contributed by atoms with Gasteiger partial charge in [-0.2, -0.15) is 0 Å². The van der Waals surface area contributed by atoms with Crippen molar-refractivity contribution in [2.24, 2.45) is 5.92 Å². The lowest BCUT2D eigenvalue weighted by Crippen LogP contribution is -2.33. The number of carbonyl (C=O) groups excluding carboxylic acids is 3. The largest absolute Gasteiger partial charge is 0.379 e. The van der Waals surface area contributed by atoms with E-state index in [-0.39, 0.29) is 36.7 Å². The number of ether oxygens (including phenoxy) is 6. The Balaban J connectivity index is 1.70. The Morgan fingerprint density at radius 3 is 1.38 bits per heavy atom. The fourth-order valence-corrected chi connectivity index (χ4v) is 2.47. The van der Waals surface area contributed by atoms with E-state index in [2.05, 4.69) is 0 Å². The van der Waals surface area contributed by atoms with Crippen LogP contribution in [-0.2, 0) is 42.8 Å². The summed E-state index contributed by atoms with van der Waals surface area (Å²) in [6.45, 7) is 9.28. The van der Waals surface area contributed by atoms with Crippen molar-refractivity contribution in [2.75, 3.05) is 85.8 Å². The number of imide groups is 1. The maximum absolute atomic E-state index is 11.4. The summed E-state index contributed by atoms with van der Waals surface area (Å²) in [5.74, 6) is -0.343. The van der Waals surface area contributed by atoms with Crippen molar-refractivity contribution in [1.29, 1.82) is 0 Å². The average molecular weight is 460 g/mol. The Bertz CT molecular complexity index is 548. The van der Waals surface area contributed by atoms with Gasteiger partial charge in [0.1, 0.15) is 5.78 Å². The van der Waals surface area contributed by atoms with E-state index < -0.39 is 0 Å². The van der Waals surface area contributed by atoms with Crippen LogP contribution in [0.5, 0.6) is 0 Å². The first-order valence-electron chi connectivity index (χ1n) is 11.0. The highest BCUT2D eigenvalue weighted by molar-refractivity contribution is 6.12. The van der Waals surface area contributed by atoms with Gasteiger partial charge in [-0.25, -0.2) is 0 Å². The van der Waals surface area contributed by atoms with Crippen LogP contribution < -0.4 is 0 Å². The summed E-state index contributed by atoms with van der Waals surface area (Å²) in [4.78, 5) is 35.2. The molecule has 0 bridgehead atoms. The van der Waals surface area contributed by atoms with Crippen molar-refractivity contribution < 1.29 is 42.8 Å². The standard InChI is InChI=1S/C22H37NO9/c1-19(2)20(24)5-7-27-9-11-29-13-15-31-17-18-32-16-14-30-12-10-28-8-6-23-21(25)3-4-22(23)26/h3-4,19H,5-18H2,1-2H3. The highest BCUT2D eigenvalue weighted by Gasteiger charge is 2.22. The lowest BCUT2D eigenvalue weighted by molar-refractivity contribution is -0.137. The molecule has 184 valence electrons. The van der Waals surface area contributed by atoms with Crippen molar-refractivity contribution in [2.45, 2.75) is 20.3 Å². The number of amides is 2. The van der Waals surface area contributed by atoms with Crippen LogP contribution in [0.25, 0.3) is 0 Å². The molecule has 0 saturated heterocycles. The first-order valence-corrected chi connectivity index (χ1v) is 11.0. The maximum Gasteiger partial charge on any atom is 0.253 e. The lowest BCUT2D eigenvalue weighted by Gasteiger charge is -2.13. The van der Waals surface area contributed by atoms with Crippen LogP contribution in [0.3, 0.4) is 0 Å². The zero-order valence-electron chi connectivity index (χ0n) is 19.3. The van der Waals surface area contributed by atoms with Crippen LogP contribution in [0.4, 0.5) is 0 Å². The van der Waals surface area contributed by atoms with E-state index in [9.17, 15) is 14.4 Å². The molecule has 0 aromatic heterocycles. The van der Waals surface area contributed by atoms with E-state index in [0.29, 0.717) is 79.1 Å². The van der Waals surface area contributed by atoms with Crippen LogP contribution in [0, 0.1) is 5.92 Å². The monoisotopic (exact) mass is 459 g/mol. The molecule has 0 unspecified atom stereocenters. The van der Waals surface area contributed by atoms with Crippen molar-refractivity contribution >= 4 is 17.6 Å². The normalized spacial score (nSPS) is 13.7. The van der Waals surface area contributed by atoms with Crippen LogP contribution in [0.15, 0.2) is 12.2 Å². The second-order valence-electron chi connectivity index (χ2n) is 7.21. The second kappa shape index (κ2) is 18.8. The number of ketones is 1. The predicted octanol–water partition coefficient (Wildman–Crippen LogP) is 0.626. The van der Waals surface area contributed by atoms with Gasteiger partial charge in [-0.05, 0) is 0 Å². The number of hydrogen-bond acceptors (Lipinski definition) is 9. The number of nitrogens with zero attached hydrogens (tertiary/aromatic N) is 1. The molecule has 0 atom stereocenters. The molecular weight excluding hydrogens is 422 g/mol. The number of rotatable bonds is 22. The van der Waals surface area contributed by atoms with Crippen LogP contribution in [-0.4, -0.2) is 108 Å². The van der Waals surface area contributed by atoms with Gasteiger partial charge >= 0.3 is 0 Å². The molecule has 1 heterocycles. The molecule has 10 heteroatoms. The Kier molecular flexibility index (Phi) is 16.7. The Morgan fingerprint density at radius 1 is 0.656 bits per heavy atom. The molecule has 1 rings (SSSR count). The van der Waals surface area contributed by atoms with E-state index in [4.69, 9.17) is 28.4 Å². The minimum atomic E-state index is -0.305. The molecule has 32 heavy (non-hydrogen) atoms. The number of carbonyl (C=O) groups is 3. The molecule has 0 fully saturated rings. The Hall–Kier alpha value is -1.69. The molecule has 0 aliphatic carbocycles. The minimum absolute atomic E-state index is 0.0560. The molecular formula is C22H37NO9.